The number of benzene rings is 2. The maximum absolute atomic E-state index is 16.4. The average Bonchev–Trinajstić information content (AvgIpc) is 3.57. The molecule has 0 spiro atoms. The Balaban J connectivity index is 1.35. The Kier molecular flexibility index (Phi) is 6.51. The van der Waals surface area contributed by atoms with Crippen LogP contribution in [0.5, 0.6) is 6.01 Å². The van der Waals surface area contributed by atoms with Gasteiger partial charge in [-0.05, 0) is 69.0 Å². The smallest absolute Gasteiger partial charge is 0.319 e. The Morgan fingerprint density at radius 1 is 1.00 bits per heavy atom. The van der Waals surface area contributed by atoms with Gasteiger partial charge in [0.05, 0.1) is 10.9 Å². The fourth-order valence-electron chi connectivity index (χ4n) is 7.07. The van der Waals surface area contributed by atoms with Crippen LogP contribution in [0.3, 0.4) is 0 Å². The van der Waals surface area contributed by atoms with Gasteiger partial charge in [0.1, 0.15) is 29.5 Å². The SMILES string of the molecule is OCC1CCCN(c2nc(OCC34CCCN3CCC4)nc3c(F)c(-c4cccc5cccc(F)c45)ncc23)C1. The van der Waals surface area contributed by atoms with E-state index in [9.17, 15) is 9.50 Å². The molecule has 0 aliphatic carbocycles. The zero-order chi connectivity index (χ0) is 27.3. The standard InChI is InChI=1S/C31H33F2N5O2/c32-24-10-2-8-21-7-1-9-22(25(21)24)27-26(33)28-23(16-34-27)29(37-13-3-6-20(17-37)18-39)36-30(35-28)40-19-31-11-4-14-38(31)15-5-12-31/h1-2,7-10,16,20,39H,3-6,11-15,17-19H2. The summed E-state index contributed by atoms with van der Waals surface area (Å²) in [5, 5.41) is 11.3. The monoisotopic (exact) mass is 545 g/mol. The fourth-order valence-corrected chi connectivity index (χ4v) is 7.07. The number of hydrogen-bond donors (Lipinski definition) is 1. The van der Waals surface area contributed by atoms with E-state index in [0.717, 1.165) is 58.2 Å². The number of nitrogens with zero attached hydrogens (tertiary/aromatic N) is 5. The van der Waals surface area contributed by atoms with E-state index in [0.29, 0.717) is 40.7 Å². The lowest BCUT2D eigenvalue weighted by Crippen LogP contribution is -2.43. The Bertz CT molecular complexity index is 1570. The number of rotatable bonds is 6. The Morgan fingerprint density at radius 2 is 1.80 bits per heavy atom. The first kappa shape index (κ1) is 25.5. The van der Waals surface area contributed by atoms with E-state index < -0.39 is 11.6 Å². The predicted octanol–water partition coefficient (Wildman–Crippen LogP) is 5.34. The number of pyridine rings is 1. The van der Waals surface area contributed by atoms with Gasteiger partial charge in [-0.15, -0.1) is 0 Å². The zero-order valence-corrected chi connectivity index (χ0v) is 22.5. The number of piperidine rings is 1. The molecule has 0 bridgehead atoms. The van der Waals surface area contributed by atoms with Crippen LogP contribution in [-0.4, -0.2) is 69.9 Å². The van der Waals surface area contributed by atoms with E-state index in [1.54, 1.807) is 36.5 Å². The molecule has 7 rings (SSSR count). The summed E-state index contributed by atoms with van der Waals surface area (Å²) in [4.78, 5) is 18.5. The maximum Gasteiger partial charge on any atom is 0.319 e. The van der Waals surface area contributed by atoms with Crippen LogP contribution in [0, 0.1) is 17.6 Å². The minimum Gasteiger partial charge on any atom is -0.461 e. The normalized spacial score (nSPS) is 20.9. The number of halogens is 2. The maximum atomic E-state index is 16.4. The van der Waals surface area contributed by atoms with E-state index in [2.05, 4.69) is 19.8 Å². The van der Waals surface area contributed by atoms with Gasteiger partial charge in [0.15, 0.2) is 5.82 Å². The van der Waals surface area contributed by atoms with Crippen molar-refractivity contribution in [3.63, 3.8) is 0 Å². The van der Waals surface area contributed by atoms with Gasteiger partial charge in [0.2, 0.25) is 0 Å². The third kappa shape index (κ3) is 4.27. The Labute approximate surface area is 231 Å². The number of anilines is 1. The first-order valence-corrected chi connectivity index (χ1v) is 14.3. The third-order valence-corrected chi connectivity index (χ3v) is 9.11. The molecule has 0 radical (unpaired) electrons. The molecule has 208 valence electrons. The van der Waals surface area contributed by atoms with Gasteiger partial charge in [0.25, 0.3) is 0 Å². The van der Waals surface area contributed by atoms with E-state index in [4.69, 9.17) is 9.72 Å². The predicted molar refractivity (Wildman–Crippen MR) is 150 cm³/mol. The number of hydrogen-bond acceptors (Lipinski definition) is 7. The molecule has 4 aromatic rings. The van der Waals surface area contributed by atoms with Gasteiger partial charge in [-0.2, -0.15) is 9.97 Å². The topological polar surface area (TPSA) is 74.6 Å². The first-order valence-electron chi connectivity index (χ1n) is 14.3. The second-order valence-electron chi connectivity index (χ2n) is 11.5. The van der Waals surface area contributed by atoms with E-state index in [1.807, 2.05) is 0 Å². The number of fused-ring (bicyclic) bond motifs is 3. The summed E-state index contributed by atoms with van der Waals surface area (Å²) in [6.07, 6.45) is 7.86. The molecule has 3 aliphatic rings. The zero-order valence-electron chi connectivity index (χ0n) is 22.5. The molecule has 3 fully saturated rings. The van der Waals surface area contributed by atoms with Gasteiger partial charge in [-0.1, -0.05) is 30.3 Å². The second kappa shape index (κ2) is 10.2. The van der Waals surface area contributed by atoms with Crippen molar-refractivity contribution in [3.8, 4) is 17.3 Å². The molecule has 5 heterocycles. The Morgan fingerprint density at radius 3 is 2.60 bits per heavy atom. The summed E-state index contributed by atoms with van der Waals surface area (Å²) in [6.45, 7) is 4.05. The lowest BCUT2D eigenvalue weighted by atomic mass is 9.95. The molecular weight excluding hydrogens is 512 g/mol. The second-order valence-corrected chi connectivity index (χ2v) is 11.5. The molecule has 1 N–H and O–H groups in total. The lowest BCUT2D eigenvalue weighted by Gasteiger charge is -2.34. The van der Waals surface area contributed by atoms with E-state index >= 15 is 4.39 Å². The number of ether oxygens (including phenoxy) is 1. The van der Waals surface area contributed by atoms with Gasteiger partial charge in [0, 0.05) is 36.8 Å². The van der Waals surface area contributed by atoms with Crippen LogP contribution in [0.25, 0.3) is 32.9 Å². The molecule has 2 aromatic carbocycles. The van der Waals surface area contributed by atoms with Crippen molar-refractivity contribution >= 4 is 27.5 Å². The van der Waals surface area contributed by atoms with Crippen molar-refractivity contribution < 1.29 is 18.6 Å². The summed E-state index contributed by atoms with van der Waals surface area (Å²) in [5.74, 6) is -0.378. The fraction of sp³-hybridized carbons (Fsp3) is 0.452. The summed E-state index contributed by atoms with van der Waals surface area (Å²) in [7, 11) is 0. The lowest BCUT2D eigenvalue weighted by molar-refractivity contribution is 0.108. The van der Waals surface area contributed by atoms with Gasteiger partial charge in [-0.3, -0.25) is 9.88 Å². The van der Waals surface area contributed by atoms with E-state index in [-0.39, 0.29) is 35.3 Å². The third-order valence-electron chi connectivity index (χ3n) is 9.11. The van der Waals surface area contributed by atoms with Gasteiger partial charge < -0.3 is 14.7 Å². The van der Waals surface area contributed by atoms with Gasteiger partial charge in [-0.25, -0.2) is 8.78 Å². The van der Waals surface area contributed by atoms with Crippen LogP contribution in [0.2, 0.25) is 0 Å². The molecule has 2 aromatic heterocycles. The van der Waals surface area contributed by atoms with Gasteiger partial charge >= 0.3 is 6.01 Å². The summed E-state index contributed by atoms with van der Waals surface area (Å²) in [5.41, 5.74) is 0.523. The van der Waals surface area contributed by atoms with Crippen LogP contribution in [0.1, 0.15) is 38.5 Å². The van der Waals surface area contributed by atoms with Crippen molar-refractivity contribution in [2.75, 3.05) is 44.3 Å². The summed E-state index contributed by atoms with van der Waals surface area (Å²) < 4.78 is 37.7. The van der Waals surface area contributed by atoms with Crippen LogP contribution in [-0.2, 0) is 0 Å². The van der Waals surface area contributed by atoms with Crippen molar-refractivity contribution in [2.24, 2.45) is 5.92 Å². The largest absolute Gasteiger partial charge is 0.461 e. The van der Waals surface area contributed by atoms with Crippen molar-refractivity contribution in [2.45, 2.75) is 44.1 Å². The van der Waals surface area contributed by atoms with Crippen LogP contribution in [0.15, 0.2) is 42.6 Å². The van der Waals surface area contributed by atoms with Crippen LogP contribution < -0.4 is 9.64 Å². The molecule has 9 heteroatoms. The highest BCUT2D eigenvalue weighted by atomic mass is 19.1. The van der Waals surface area contributed by atoms with Crippen molar-refractivity contribution in [1.29, 1.82) is 0 Å². The summed E-state index contributed by atoms with van der Waals surface area (Å²) in [6, 6.07) is 10.2. The number of aromatic nitrogens is 3. The quantitative estimate of drug-likeness (QED) is 0.351. The average molecular weight is 546 g/mol. The molecular formula is C31H33F2N5O2. The Hall–Kier alpha value is -3.43. The highest BCUT2D eigenvalue weighted by molar-refractivity contribution is 5.99. The number of aliphatic hydroxyl groups excluding tert-OH is 1. The molecule has 0 amide bonds. The molecule has 1 unspecified atom stereocenters. The highest BCUT2D eigenvalue weighted by Crippen LogP contribution is 2.40. The molecule has 3 saturated heterocycles. The van der Waals surface area contributed by atoms with Crippen molar-refractivity contribution in [3.05, 3.63) is 54.2 Å². The minimum atomic E-state index is -0.626. The molecule has 1 atom stereocenters. The minimum absolute atomic E-state index is 0.00593. The first-order chi connectivity index (χ1) is 19.6. The highest BCUT2D eigenvalue weighted by Gasteiger charge is 2.45. The van der Waals surface area contributed by atoms with Crippen molar-refractivity contribution in [1.82, 2.24) is 19.9 Å². The molecule has 0 saturated carbocycles. The van der Waals surface area contributed by atoms with Crippen LogP contribution >= 0.6 is 0 Å². The molecule has 40 heavy (non-hydrogen) atoms. The number of aliphatic hydroxyl groups is 1. The molecule has 7 nitrogen and oxygen atoms in total. The summed E-state index contributed by atoms with van der Waals surface area (Å²) >= 11 is 0. The van der Waals surface area contributed by atoms with E-state index in [1.165, 1.54) is 6.07 Å². The van der Waals surface area contributed by atoms with Crippen LogP contribution in [0.4, 0.5) is 14.6 Å². The molecule has 3 aliphatic heterocycles.